The van der Waals surface area contributed by atoms with E-state index >= 15 is 0 Å². The molecule has 0 radical (unpaired) electrons. The van der Waals surface area contributed by atoms with Crippen LogP contribution in [0, 0.1) is 0 Å². The Kier molecular flexibility index (Phi) is 3.82. The van der Waals surface area contributed by atoms with Crippen molar-refractivity contribution in [2.75, 3.05) is 13.1 Å². The highest BCUT2D eigenvalue weighted by Crippen LogP contribution is 2.28. The minimum absolute atomic E-state index is 0.566. The Bertz CT molecular complexity index is 934. The topological polar surface area (TPSA) is 92.9 Å². The van der Waals surface area contributed by atoms with Crippen molar-refractivity contribution < 1.29 is 4.79 Å². The van der Waals surface area contributed by atoms with Crippen LogP contribution in [0.2, 0.25) is 0 Å². The Labute approximate surface area is 145 Å². The third-order valence-electron chi connectivity index (χ3n) is 4.65. The molecule has 1 saturated heterocycles. The van der Waals surface area contributed by atoms with E-state index < -0.39 is 11.6 Å². The zero-order valence-electron chi connectivity index (χ0n) is 13.7. The highest BCUT2D eigenvalue weighted by atomic mass is 16.2. The fourth-order valence-corrected chi connectivity index (χ4v) is 3.38. The van der Waals surface area contributed by atoms with Crippen LogP contribution in [0.5, 0.6) is 0 Å². The summed E-state index contributed by atoms with van der Waals surface area (Å²) < 4.78 is 0. The molecule has 0 bridgehead atoms. The number of aromatic nitrogens is 2. The Morgan fingerprint density at radius 3 is 2.76 bits per heavy atom. The summed E-state index contributed by atoms with van der Waals surface area (Å²) in [4.78, 5) is 20.6. The quantitative estimate of drug-likeness (QED) is 0.685. The maximum atomic E-state index is 11.5. The Balaban J connectivity index is 1.76. The largest absolute Gasteiger partial charge is 0.352 e. The first-order valence-electron chi connectivity index (χ1n) is 8.27. The van der Waals surface area contributed by atoms with E-state index in [1.807, 2.05) is 18.2 Å². The van der Waals surface area contributed by atoms with E-state index in [1.54, 1.807) is 6.20 Å². The molecule has 25 heavy (non-hydrogen) atoms. The number of fused-ring (bicyclic) bond motifs is 1. The van der Waals surface area contributed by atoms with E-state index in [9.17, 15) is 4.79 Å². The van der Waals surface area contributed by atoms with Gasteiger partial charge in [0.05, 0.1) is 5.69 Å². The predicted molar refractivity (Wildman–Crippen MR) is 96.9 cm³/mol. The minimum atomic E-state index is -0.654. The van der Waals surface area contributed by atoms with Crippen molar-refractivity contribution in [3.63, 3.8) is 0 Å². The number of hydrogen-bond donors (Lipinski definition) is 3. The molecule has 4 N–H and O–H groups in total. The van der Waals surface area contributed by atoms with Crippen LogP contribution in [-0.4, -0.2) is 29.1 Å². The molecular formula is C19H19N5O. The molecule has 6 nitrogen and oxygen atoms in total. The number of urea groups is 1. The molecule has 1 aliphatic heterocycles. The maximum absolute atomic E-state index is 11.5. The molecule has 126 valence electrons. The second kappa shape index (κ2) is 6.14. The highest BCUT2D eigenvalue weighted by Gasteiger charge is 2.39. The fourth-order valence-electron chi connectivity index (χ4n) is 3.38. The van der Waals surface area contributed by atoms with Crippen LogP contribution in [0.4, 0.5) is 4.79 Å². The molecule has 1 atom stereocenters. The fraction of sp³-hybridized carbons (Fsp3) is 0.211. The Morgan fingerprint density at radius 1 is 1.16 bits per heavy atom. The molecule has 6 heteroatoms. The summed E-state index contributed by atoms with van der Waals surface area (Å²) >= 11 is 0. The van der Waals surface area contributed by atoms with Gasteiger partial charge in [0.25, 0.3) is 0 Å². The molecule has 0 unspecified atom stereocenters. The summed E-state index contributed by atoms with van der Waals surface area (Å²) in [6, 6.07) is 15.8. The zero-order chi connectivity index (χ0) is 17.3. The van der Waals surface area contributed by atoms with E-state index in [2.05, 4.69) is 45.9 Å². The van der Waals surface area contributed by atoms with Gasteiger partial charge in [0.2, 0.25) is 0 Å². The highest BCUT2D eigenvalue weighted by molar-refractivity contribution is 5.86. The van der Waals surface area contributed by atoms with Gasteiger partial charge in [-0.15, -0.1) is 0 Å². The first kappa shape index (κ1) is 15.5. The van der Waals surface area contributed by atoms with E-state index in [0.29, 0.717) is 18.8 Å². The lowest BCUT2D eigenvalue weighted by Crippen LogP contribution is -2.50. The van der Waals surface area contributed by atoms with Crippen molar-refractivity contribution >= 4 is 16.8 Å². The maximum Gasteiger partial charge on any atom is 0.313 e. The molecule has 0 aliphatic carbocycles. The van der Waals surface area contributed by atoms with Crippen molar-refractivity contribution in [2.24, 2.45) is 5.73 Å². The van der Waals surface area contributed by atoms with Crippen LogP contribution in [0.15, 0.2) is 54.7 Å². The van der Waals surface area contributed by atoms with E-state index in [0.717, 1.165) is 23.2 Å². The number of nitrogens with two attached hydrogens (primary N) is 1. The summed E-state index contributed by atoms with van der Waals surface area (Å²) in [5, 5.41) is 8.43. The van der Waals surface area contributed by atoms with Crippen LogP contribution < -0.4 is 16.4 Å². The number of nitrogens with zero attached hydrogens (tertiary/aromatic N) is 2. The molecule has 0 saturated carbocycles. The molecule has 4 rings (SSSR count). The normalized spacial score (nSPS) is 19.8. The minimum Gasteiger partial charge on any atom is -0.352 e. The van der Waals surface area contributed by atoms with Crippen LogP contribution in [0.25, 0.3) is 22.0 Å². The molecular weight excluding hydrogens is 314 g/mol. The van der Waals surface area contributed by atoms with Gasteiger partial charge < -0.3 is 16.4 Å². The first-order valence-corrected chi connectivity index (χ1v) is 8.27. The smallest absolute Gasteiger partial charge is 0.313 e. The summed E-state index contributed by atoms with van der Waals surface area (Å²) in [5.74, 6) is 0.585. The molecule has 1 fully saturated rings. The SMILES string of the molecule is NC(=O)N[C@@]1(c2nccc(-c3ccc4ccccc4c3)n2)CCNC1. The van der Waals surface area contributed by atoms with Crippen LogP contribution in [-0.2, 0) is 5.54 Å². The summed E-state index contributed by atoms with van der Waals surface area (Å²) in [6.45, 7) is 1.35. The lowest BCUT2D eigenvalue weighted by Gasteiger charge is -2.27. The Hall–Kier alpha value is -2.99. The molecule has 2 heterocycles. The Morgan fingerprint density at radius 2 is 2.00 bits per heavy atom. The number of carbonyl (C=O) groups excluding carboxylic acids is 1. The van der Waals surface area contributed by atoms with Gasteiger partial charge in [0, 0.05) is 18.3 Å². The van der Waals surface area contributed by atoms with Gasteiger partial charge in [-0.2, -0.15) is 0 Å². The van der Waals surface area contributed by atoms with E-state index in [1.165, 1.54) is 5.39 Å². The van der Waals surface area contributed by atoms with Gasteiger partial charge in [-0.05, 0) is 35.9 Å². The van der Waals surface area contributed by atoms with Gasteiger partial charge in [0.15, 0.2) is 5.82 Å². The molecule has 0 spiro atoms. The molecule has 1 aliphatic rings. The number of carbonyl (C=O) groups is 1. The van der Waals surface area contributed by atoms with E-state index in [-0.39, 0.29) is 0 Å². The first-order chi connectivity index (χ1) is 12.2. The molecule has 2 amide bonds. The third-order valence-corrected chi connectivity index (χ3v) is 4.65. The summed E-state index contributed by atoms with van der Waals surface area (Å²) in [6.07, 6.45) is 2.44. The van der Waals surface area contributed by atoms with Crippen LogP contribution in [0.3, 0.4) is 0 Å². The standard InChI is InChI=1S/C19H19N5O/c20-18(25)24-19(8-10-21-12-19)17-22-9-7-16(23-17)15-6-5-13-3-1-2-4-14(13)11-15/h1-7,9,11,21H,8,10,12H2,(H3,20,24,25)/t19-/m0/s1. The lowest BCUT2D eigenvalue weighted by atomic mass is 9.97. The van der Waals surface area contributed by atoms with Crippen LogP contribution >= 0.6 is 0 Å². The molecule has 2 aromatic carbocycles. The summed E-state index contributed by atoms with van der Waals surface area (Å²) in [7, 11) is 0. The predicted octanol–water partition coefficient (Wildman–Crippen LogP) is 2.15. The average Bonchev–Trinajstić information content (AvgIpc) is 3.10. The van der Waals surface area contributed by atoms with Gasteiger partial charge in [-0.3, -0.25) is 0 Å². The molecule has 3 aromatic rings. The number of primary amides is 1. The van der Waals surface area contributed by atoms with Crippen molar-refractivity contribution in [1.82, 2.24) is 20.6 Å². The number of hydrogen-bond acceptors (Lipinski definition) is 4. The van der Waals surface area contributed by atoms with Crippen molar-refractivity contribution in [3.05, 3.63) is 60.6 Å². The number of nitrogens with one attached hydrogen (secondary N) is 2. The third kappa shape index (κ3) is 2.92. The van der Waals surface area contributed by atoms with Gasteiger partial charge >= 0.3 is 6.03 Å². The van der Waals surface area contributed by atoms with Gasteiger partial charge in [-0.1, -0.05) is 36.4 Å². The van der Waals surface area contributed by atoms with Gasteiger partial charge in [0.1, 0.15) is 5.54 Å². The van der Waals surface area contributed by atoms with Crippen molar-refractivity contribution in [1.29, 1.82) is 0 Å². The van der Waals surface area contributed by atoms with Crippen molar-refractivity contribution in [3.8, 4) is 11.3 Å². The van der Waals surface area contributed by atoms with Crippen molar-refractivity contribution in [2.45, 2.75) is 12.0 Å². The van der Waals surface area contributed by atoms with Crippen LogP contribution in [0.1, 0.15) is 12.2 Å². The lowest BCUT2D eigenvalue weighted by molar-refractivity contribution is 0.233. The summed E-state index contributed by atoms with van der Waals surface area (Å²) in [5.41, 5.74) is 6.56. The average molecular weight is 333 g/mol. The van der Waals surface area contributed by atoms with Gasteiger partial charge in [-0.25, -0.2) is 14.8 Å². The monoisotopic (exact) mass is 333 g/mol. The number of amides is 2. The number of rotatable bonds is 3. The molecule has 1 aromatic heterocycles. The second-order valence-electron chi connectivity index (χ2n) is 6.33. The second-order valence-corrected chi connectivity index (χ2v) is 6.33. The zero-order valence-corrected chi connectivity index (χ0v) is 13.7. The number of benzene rings is 2. The van der Waals surface area contributed by atoms with E-state index in [4.69, 9.17) is 10.7 Å².